The lowest BCUT2D eigenvalue weighted by Gasteiger charge is -2.42. The summed E-state index contributed by atoms with van der Waals surface area (Å²) in [6.45, 7) is 12.3. The summed E-state index contributed by atoms with van der Waals surface area (Å²) >= 11 is 0. The van der Waals surface area contributed by atoms with Gasteiger partial charge in [0.05, 0.1) is 11.5 Å². The Balaban J connectivity index is 2.63. The number of unbranched alkanes of at least 4 members (excludes halogenated alkanes) is 1. The second-order valence-electron chi connectivity index (χ2n) is 9.94. The molecular formula is C30H40F3N3O. The van der Waals surface area contributed by atoms with Crippen LogP contribution >= 0.6 is 0 Å². The maximum atomic E-state index is 12.7. The molecule has 7 heteroatoms. The van der Waals surface area contributed by atoms with Crippen molar-refractivity contribution in [1.29, 1.82) is 5.26 Å². The van der Waals surface area contributed by atoms with Crippen molar-refractivity contribution in [2.24, 2.45) is 16.3 Å². The molecule has 0 amide bonds. The van der Waals surface area contributed by atoms with Crippen molar-refractivity contribution >= 4 is 11.3 Å². The average molecular weight is 516 g/mol. The van der Waals surface area contributed by atoms with Crippen molar-refractivity contribution in [2.45, 2.75) is 86.4 Å². The summed E-state index contributed by atoms with van der Waals surface area (Å²) in [6, 6.07) is 8.47. The van der Waals surface area contributed by atoms with E-state index in [9.17, 15) is 18.4 Å². The SMILES string of the molecule is CCC/C=C(/C(C)=C(\N=C(/C)C1(C#N)CC(CC)C1)N(C)/C=C(\C)CC)c1ccc(OC(F)(F)F)cc1. The number of rotatable bonds is 11. The molecule has 1 aromatic rings. The fourth-order valence-electron chi connectivity index (χ4n) is 4.59. The van der Waals surface area contributed by atoms with Crippen molar-refractivity contribution < 1.29 is 17.9 Å². The van der Waals surface area contributed by atoms with Gasteiger partial charge in [0.2, 0.25) is 0 Å². The first-order valence-corrected chi connectivity index (χ1v) is 13.0. The van der Waals surface area contributed by atoms with Crippen LogP contribution in [0.4, 0.5) is 13.2 Å². The Morgan fingerprint density at radius 3 is 2.27 bits per heavy atom. The zero-order valence-corrected chi connectivity index (χ0v) is 23.2. The number of halogens is 3. The molecule has 1 aliphatic carbocycles. The van der Waals surface area contributed by atoms with E-state index in [1.807, 2.05) is 32.0 Å². The van der Waals surface area contributed by atoms with Gasteiger partial charge in [0.1, 0.15) is 11.6 Å². The van der Waals surface area contributed by atoms with Crippen molar-refractivity contribution in [3.63, 3.8) is 0 Å². The fraction of sp³-hybridized carbons (Fsp3) is 0.533. The Kier molecular flexibility index (Phi) is 10.6. The number of allylic oxidation sites excluding steroid dienone is 4. The molecule has 0 bridgehead atoms. The molecule has 0 N–H and O–H groups in total. The zero-order chi connectivity index (χ0) is 27.8. The molecule has 4 nitrogen and oxygen atoms in total. The number of hydrogen-bond donors (Lipinski definition) is 0. The number of nitriles is 1. The first-order valence-electron chi connectivity index (χ1n) is 13.0. The van der Waals surface area contributed by atoms with E-state index in [1.165, 1.54) is 17.7 Å². The zero-order valence-electron chi connectivity index (χ0n) is 23.2. The smallest absolute Gasteiger partial charge is 0.406 e. The molecule has 1 aliphatic rings. The highest BCUT2D eigenvalue weighted by Gasteiger charge is 2.46. The van der Waals surface area contributed by atoms with Crippen LogP contribution in [0.25, 0.3) is 5.57 Å². The number of nitrogens with zero attached hydrogens (tertiary/aromatic N) is 3. The molecular weight excluding hydrogens is 475 g/mol. The highest BCUT2D eigenvalue weighted by molar-refractivity contribution is 5.92. The number of hydrogen-bond acceptors (Lipinski definition) is 4. The number of aliphatic imine (C=N–C) groups is 1. The second-order valence-corrected chi connectivity index (χ2v) is 9.94. The predicted molar refractivity (Wildman–Crippen MR) is 145 cm³/mol. The topological polar surface area (TPSA) is 48.6 Å². The molecule has 0 aliphatic heterocycles. The summed E-state index contributed by atoms with van der Waals surface area (Å²) in [5, 5.41) is 10.0. The third kappa shape index (κ3) is 7.99. The molecule has 0 unspecified atom stereocenters. The van der Waals surface area contributed by atoms with E-state index in [0.717, 1.165) is 66.8 Å². The standard InChI is InChI=1S/C30H40F3N3O/c1-8-11-12-27(25-13-15-26(16-14-25)37-30(31,32)33)22(5)28(36(7)19-21(4)9-2)35-23(6)29(20-34)17-24(10-3)18-29/h12-16,19,24H,8-11,17-18H2,1-7H3/b21-19+,27-12-,28-22+,35-23+. The summed E-state index contributed by atoms with van der Waals surface area (Å²) < 4.78 is 42.0. The van der Waals surface area contributed by atoms with Gasteiger partial charge in [0.15, 0.2) is 0 Å². The molecule has 37 heavy (non-hydrogen) atoms. The highest BCUT2D eigenvalue weighted by atomic mass is 19.4. The van der Waals surface area contributed by atoms with Crippen LogP contribution in [-0.4, -0.2) is 24.0 Å². The van der Waals surface area contributed by atoms with Crippen molar-refractivity contribution in [2.75, 3.05) is 7.05 Å². The molecule has 0 atom stereocenters. The normalized spacial score (nSPS) is 21.6. The van der Waals surface area contributed by atoms with Crippen LogP contribution < -0.4 is 4.74 Å². The minimum Gasteiger partial charge on any atom is -0.406 e. The van der Waals surface area contributed by atoms with Crippen LogP contribution in [0.1, 0.15) is 85.6 Å². The maximum Gasteiger partial charge on any atom is 0.573 e. The van der Waals surface area contributed by atoms with E-state index in [-0.39, 0.29) is 5.75 Å². The van der Waals surface area contributed by atoms with E-state index in [0.29, 0.717) is 5.92 Å². The van der Waals surface area contributed by atoms with Gasteiger partial charge < -0.3 is 9.64 Å². The van der Waals surface area contributed by atoms with Gasteiger partial charge in [-0.1, -0.05) is 57.4 Å². The summed E-state index contributed by atoms with van der Waals surface area (Å²) in [7, 11) is 1.95. The minimum absolute atomic E-state index is 0.258. The van der Waals surface area contributed by atoms with E-state index < -0.39 is 11.8 Å². The Bertz CT molecular complexity index is 1080. The quantitative estimate of drug-likeness (QED) is 0.218. The minimum atomic E-state index is -4.74. The lowest BCUT2D eigenvalue weighted by atomic mass is 9.60. The Labute approximate surface area is 220 Å². The molecule has 2 rings (SSSR count). The van der Waals surface area contributed by atoms with Crippen LogP contribution in [0.15, 0.2) is 58.5 Å². The Morgan fingerprint density at radius 1 is 1.16 bits per heavy atom. The average Bonchev–Trinajstić information content (AvgIpc) is 2.82. The molecule has 1 fully saturated rings. The van der Waals surface area contributed by atoms with Crippen LogP contribution in [0.3, 0.4) is 0 Å². The van der Waals surface area contributed by atoms with Gasteiger partial charge in [-0.15, -0.1) is 13.2 Å². The largest absolute Gasteiger partial charge is 0.573 e. The first-order chi connectivity index (χ1) is 17.4. The van der Waals surface area contributed by atoms with E-state index >= 15 is 0 Å². The van der Waals surface area contributed by atoms with E-state index in [1.54, 1.807) is 12.1 Å². The lowest BCUT2D eigenvalue weighted by molar-refractivity contribution is -0.274. The third-order valence-electron chi connectivity index (χ3n) is 7.11. The number of ether oxygens (including phenoxy) is 1. The fourth-order valence-corrected chi connectivity index (χ4v) is 4.59. The van der Waals surface area contributed by atoms with Crippen molar-refractivity contribution in [3.05, 3.63) is 59.1 Å². The van der Waals surface area contributed by atoms with Gasteiger partial charge in [-0.25, -0.2) is 4.99 Å². The van der Waals surface area contributed by atoms with E-state index in [2.05, 4.69) is 44.6 Å². The van der Waals surface area contributed by atoms with Gasteiger partial charge >= 0.3 is 6.36 Å². The van der Waals surface area contributed by atoms with Crippen LogP contribution in [0, 0.1) is 22.7 Å². The third-order valence-corrected chi connectivity index (χ3v) is 7.11. The predicted octanol–water partition coefficient (Wildman–Crippen LogP) is 9.04. The van der Waals surface area contributed by atoms with Crippen LogP contribution in [-0.2, 0) is 0 Å². The van der Waals surface area contributed by atoms with Crippen LogP contribution in [0.2, 0.25) is 0 Å². The molecule has 0 spiro atoms. The molecule has 0 radical (unpaired) electrons. The Morgan fingerprint density at radius 2 is 1.78 bits per heavy atom. The van der Waals surface area contributed by atoms with Gasteiger partial charge in [-0.3, -0.25) is 0 Å². The summed E-state index contributed by atoms with van der Waals surface area (Å²) in [5.74, 6) is 1.00. The lowest BCUT2D eigenvalue weighted by Crippen LogP contribution is -2.41. The van der Waals surface area contributed by atoms with Crippen molar-refractivity contribution in [1.82, 2.24) is 4.90 Å². The highest BCUT2D eigenvalue weighted by Crippen LogP contribution is 2.48. The molecule has 0 saturated heterocycles. The summed E-state index contributed by atoms with van der Waals surface area (Å²) in [4.78, 5) is 7.04. The molecule has 0 aromatic heterocycles. The van der Waals surface area contributed by atoms with Crippen molar-refractivity contribution in [3.8, 4) is 11.8 Å². The Hall–Kier alpha value is -3.01. The molecule has 1 aromatic carbocycles. The molecule has 202 valence electrons. The first kappa shape index (κ1) is 30.2. The van der Waals surface area contributed by atoms with Gasteiger partial charge in [0.25, 0.3) is 0 Å². The number of benzene rings is 1. The molecule has 0 heterocycles. The number of alkyl halides is 3. The summed E-state index contributed by atoms with van der Waals surface area (Å²) in [5.41, 5.74) is 3.98. The molecule has 1 saturated carbocycles. The van der Waals surface area contributed by atoms with Crippen LogP contribution in [0.5, 0.6) is 5.75 Å². The van der Waals surface area contributed by atoms with E-state index in [4.69, 9.17) is 4.99 Å². The maximum absolute atomic E-state index is 12.7. The van der Waals surface area contributed by atoms with Gasteiger partial charge in [0, 0.05) is 19.0 Å². The summed E-state index contributed by atoms with van der Waals surface area (Å²) in [6.07, 6.45) is 4.69. The second kappa shape index (κ2) is 13.0. The van der Waals surface area contributed by atoms with Gasteiger partial charge in [-0.2, -0.15) is 5.26 Å². The monoisotopic (exact) mass is 515 g/mol. The van der Waals surface area contributed by atoms with Gasteiger partial charge in [-0.05, 0) is 81.2 Å².